The quantitative estimate of drug-likeness (QED) is 0.730. The molecule has 1 amide bonds. The largest absolute Gasteiger partial charge is 0.346 e. The summed E-state index contributed by atoms with van der Waals surface area (Å²) in [5.74, 6) is 2.70. The predicted molar refractivity (Wildman–Crippen MR) is 99.5 cm³/mol. The molecule has 1 aromatic rings. The molecule has 5 nitrogen and oxygen atoms in total. The Labute approximate surface area is 149 Å². The fraction of sp³-hybridized carbons (Fsp3) is 0.778. The Balaban J connectivity index is 1.61. The first kappa shape index (κ1) is 17.8. The summed E-state index contributed by atoms with van der Waals surface area (Å²) in [6.07, 6.45) is 6.93. The molecule has 24 heavy (non-hydrogen) atoms. The Morgan fingerprint density at radius 1 is 1.42 bits per heavy atom. The van der Waals surface area contributed by atoms with Crippen molar-refractivity contribution in [2.24, 2.45) is 18.9 Å². The molecule has 0 bridgehead atoms. The monoisotopic (exact) mass is 350 g/mol. The van der Waals surface area contributed by atoms with E-state index in [1.165, 1.54) is 25.0 Å². The molecule has 2 heterocycles. The highest BCUT2D eigenvalue weighted by Gasteiger charge is 2.42. The van der Waals surface area contributed by atoms with Gasteiger partial charge in [-0.2, -0.15) is 16.9 Å². The van der Waals surface area contributed by atoms with Gasteiger partial charge in [-0.1, -0.05) is 6.92 Å². The number of nitrogens with zero attached hydrogens (tertiary/aromatic N) is 3. The van der Waals surface area contributed by atoms with Crippen molar-refractivity contribution in [3.05, 3.63) is 17.5 Å². The summed E-state index contributed by atoms with van der Waals surface area (Å²) in [5, 5.41) is 7.72. The zero-order valence-corrected chi connectivity index (χ0v) is 15.9. The molecule has 3 rings (SSSR count). The number of amides is 1. The van der Waals surface area contributed by atoms with Crippen LogP contribution in [0.5, 0.6) is 0 Å². The minimum Gasteiger partial charge on any atom is -0.346 e. The molecule has 1 saturated carbocycles. The summed E-state index contributed by atoms with van der Waals surface area (Å²) in [4.78, 5) is 15.3. The van der Waals surface area contributed by atoms with Crippen LogP contribution in [0.1, 0.15) is 42.4 Å². The Hall–Kier alpha value is -1.01. The molecule has 1 aliphatic carbocycles. The van der Waals surface area contributed by atoms with Crippen LogP contribution in [0.4, 0.5) is 0 Å². The fourth-order valence-electron chi connectivity index (χ4n) is 3.84. The standard InChI is InChI=1S/C18H30N4OS/c1-4-14-10-17(21(2)20-14)18(23)19-16-12-22(8-5-9-24-3)11-15(16)13-6-7-13/h10,13,15-16H,4-9,11-12H2,1-3H3,(H,19,23)/t15-,16+/m1/s1. The van der Waals surface area contributed by atoms with Gasteiger partial charge >= 0.3 is 0 Å². The van der Waals surface area contributed by atoms with Crippen molar-refractivity contribution in [3.63, 3.8) is 0 Å². The summed E-state index contributed by atoms with van der Waals surface area (Å²) >= 11 is 1.91. The van der Waals surface area contributed by atoms with Crippen molar-refractivity contribution in [2.45, 2.75) is 38.6 Å². The second-order valence-corrected chi connectivity index (χ2v) is 8.17. The van der Waals surface area contributed by atoms with Gasteiger partial charge in [0.15, 0.2) is 0 Å². The average molecular weight is 351 g/mol. The highest BCUT2D eigenvalue weighted by molar-refractivity contribution is 7.98. The summed E-state index contributed by atoms with van der Waals surface area (Å²) in [5.41, 5.74) is 1.66. The number of carbonyl (C=O) groups excluding carboxylic acids is 1. The van der Waals surface area contributed by atoms with E-state index in [-0.39, 0.29) is 5.91 Å². The number of aryl methyl sites for hydroxylation is 2. The van der Waals surface area contributed by atoms with Gasteiger partial charge in [-0.15, -0.1) is 0 Å². The minimum absolute atomic E-state index is 0.0336. The number of hydrogen-bond donors (Lipinski definition) is 1. The van der Waals surface area contributed by atoms with E-state index < -0.39 is 0 Å². The van der Waals surface area contributed by atoms with Crippen LogP contribution in [0.15, 0.2) is 6.07 Å². The summed E-state index contributed by atoms with van der Waals surface area (Å²) in [7, 11) is 1.86. The molecule has 1 N–H and O–H groups in total. The molecule has 1 saturated heterocycles. The summed E-state index contributed by atoms with van der Waals surface area (Å²) in [6.45, 7) is 5.37. The maximum absolute atomic E-state index is 12.7. The molecule has 2 atom stereocenters. The first-order chi connectivity index (χ1) is 11.6. The van der Waals surface area contributed by atoms with Crippen LogP contribution in [-0.2, 0) is 13.5 Å². The van der Waals surface area contributed by atoms with Crippen molar-refractivity contribution < 1.29 is 4.79 Å². The van der Waals surface area contributed by atoms with Gasteiger partial charge in [0, 0.05) is 26.2 Å². The molecule has 2 fully saturated rings. The zero-order valence-electron chi connectivity index (χ0n) is 15.1. The van der Waals surface area contributed by atoms with Gasteiger partial charge in [0.05, 0.1) is 5.69 Å². The number of aromatic nitrogens is 2. The number of nitrogens with one attached hydrogen (secondary N) is 1. The Kier molecular flexibility index (Phi) is 5.87. The third kappa shape index (κ3) is 4.14. The van der Waals surface area contributed by atoms with Gasteiger partial charge in [-0.3, -0.25) is 9.48 Å². The average Bonchev–Trinajstić information content (AvgIpc) is 3.23. The van der Waals surface area contributed by atoms with Gasteiger partial charge < -0.3 is 10.2 Å². The van der Waals surface area contributed by atoms with Crippen LogP contribution in [0, 0.1) is 11.8 Å². The van der Waals surface area contributed by atoms with Crippen molar-refractivity contribution in [2.75, 3.05) is 31.6 Å². The SMILES string of the molecule is CCc1cc(C(=O)N[C@H]2CN(CCCSC)C[C@@H]2C2CC2)n(C)n1. The Bertz CT molecular complexity index is 569. The van der Waals surface area contributed by atoms with E-state index in [0.717, 1.165) is 37.7 Å². The van der Waals surface area contributed by atoms with E-state index in [2.05, 4.69) is 28.5 Å². The third-order valence-corrected chi connectivity index (χ3v) is 6.03. The van der Waals surface area contributed by atoms with E-state index in [1.54, 1.807) is 4.68 Å². The maximum Gasteiger partial charge on any atom is 0.269 e. The third-order valence-electron chi connectivity index (χ3n) is 5.33. The van der Waals surface area contributed by atoms with Crippen molar-refractivity contribution in [1.82, 2.24) is 20.0 Å². The summed E-state index contributed by atoms with van der Waals surface area (Å²) < 4.78 is 1.71. The van der Waals surface area contributed by atoms with Gasteiger partial charge in [-0.25, -0.2) is 0 Å². The van der Waals surface area contributed by atoms with Crippen LogP contribution in [0.25, 0.3) is 0 Å². The van der Waals surface area contributed by atoms with Crippen LogP contribution in [0.2, 0.25) is 0 Å². The van der Waals surface area contributed by atoms with Crippen LogP contribution >= 0.6 is 11.8 Å². The first-order valence-corrected chi connectivity index (χ1v) is 10.6. The number of rotatable bonds is 8. The minimum atomic E-state index is 0.0336. The lowest BCUT2D eigenvalue weighted by atomic mass is 9.98. The number of carbonyl (C=O) groups is 1. The first-order valence-electron chi connectivity index (χ1n) is 9.17. The molecule has 1 aromatic heterocycles. The molecule has 134 valence electrons. The van der Waals surface area contributed by atoms with Gasteiger partial charge in [0.25, 0.3) is 5.91 Å². The highest BCUT2D eigenvalue weighted by Crippen LogP contribution is 2.41. The van der Waals surface area contributed by atoms with E-state index in [9.17, 15) is 4.79 Å². The van der Waals surface area contributed by atoms with E-state index >= 15 is 0 Å². The highest BCUT2D eigenvalue weighted by atomic mass is 32.2. The van der Waals surface area contributed by atoms with Crippen LogP contribution < -0.4 is 5.32 Å². The second kappa shape index (κ2) is 7.91. The molecule has 0 aromatic carbocycles. The molecular weight excluding hydrogens is 320 g/mol. The van der Waals surface area contributed by atoms with Crippen molar-refractivity contribution in [1.29, 1.82) is 0 Å². The second-order valence-electron chi connectivity index (χ2n) is 7.19. The molecule has 0 spiro atoms. The van der Waals surface area contributed by atoms with E-state index in [4.69, 9.17) is 0 Å². The Morgan fingerprint density at radius 2 is 2.21 bits per heavy atom. The lowest BCUT2D eigenvalue weighted by Crippen LogP contribution is -2.41. The predicted octanol–water partition coefficient (Wildman–Crippen LogP) is 2.18. The maximum atomic E-state index is 12.7. The normalized spacial score (nSPS) is 24.5. The topological polar surface area (TPSA) is 50.2 Å². The number of thioether (sulfide) groups is 1. The lowest BCUT2D eigenvalue weighted by molar-refractivity contribution is 0.0918. The van der Waals surface area contributed by atoms with Gasteiger partial charge in [-0.05, 0) is 62.1 Å². The number of likely N-dealkylation sites (tertiary alicyclic amines) is 1. The smallest absolute Gasteiger partial charge is 0.269 e. The molecule has 2 aliphatic rings. The fourth-order valence-corrected chi connectivity index (χ4v) is 4.26. The van der Waals surface area contributed by atoms with Crippen LogP contribution in [-0.4, -0.2) is 58.3 Å². The Morgan fingerprint density at radius 3 is 2.83 bits per heavy atom. The summed E-state index contributed by atoms with van der Waals surface area (Å²) in [6, 6.07) is 2.21. The van der Waals surface area contributed by atoms with E-state index in [0.29, 0.717) is 17.7 Å². The molecule has 1 aliphatic heterocycles. The number of hydrogen-bond acceptors (Lipinski definition) is 4. The zero-order chi connectivity index (χ0) is 17.1. The molecule has 6 heteroatoms. The van der Waals surface area contributed by atoms with Gasteiger partial charge in [0.2, 0.25) is 0 Å². The molecule has 0 unspecified atom stereocenters. The lowest BCUT2D eigenvalue weighted by Gasteiger charge is -2.19. The van der Waals surface area contributed by atoms with Crippen molar-refractivity contribution >= 4 is 17.7 Å². The van der Waals surface area contributed by atoms with Crippen molar-refractivity contribution in [3.8, 4) is 0 Å². The van der Waals surface area contributed by atoms with Crippen LogP contribution in [0.3, 0.4) is 0 Å². The molecular formula is C18H30N4OS. The molecule has 0 radical (unpaired) electrons. The van der Waals surface area contributed by atoms with E-state index in [1.807, 2.05) is 24.9 Å². The van der Waals surface area contributed by atoms with Gasteiger partial charge in [0.1, 0.15) is 5.69 Å².